The minimum Gasteiger partial charge on any atom is -0.350 e. The molecular formula is C29H31Cl4N3O4S. The number of nitrogens with zero attached hydrogens (tertiary/aromatic N) is 2. The summed E-state index contributed by atoms with van der Waals surface area (Å²) in [6, 6.07) is 15.9. The third-order valence-corrected chi connectivity index (χ3v) is 8.94. The fourth-order valence-corrected chi connectivity index (χ4v) is 6.47. The lowest BCUT2D eigenvalue weighted by molar-refractivity contribution is -0.141. The highest BCUT2D eigenvalue weighted by Gasteiger charge is 2.35. The Balaban J connectivity index is 2.13. The second-order valence-electron chi connectivity index (χ2n) is 10.3. The summed E-state index contributed by atoms with van der Waals surface area (Å²) in [5.41, 5.74) is -0.0218. The largest absolute Gasteiger partial charge is 0.350 e. The summed E-state index contributed by atoms with van der Waals surface area (Å²) >= 11 is 25.2. The molecule has 12 heteroatoms. The first-order chi connectivity index (χ1) is 19.1. The van der Waals surface area contributed by atoms with E-state index in [9.17, 15) is 18.0 Å². The average molecular weight is 659 g/mol. The molecule has 0 aromatic heterocycles. The van der Waals surface area contributed by atoms with E-state index in [1.165, 1.54) is 41.3 Å². The molecule has 1 atom stereocenters. The molecule has 1 N–H and O–H groups in total. The van der Waals surface area contributed by atoms with Crippen molar-refractivity contribution in [3.8, 4) is 0 Å². The molecule has 3 aromatic carbocycles. The normalized spacial score (nSPS) is 12.5. The number of halogens is 4. The van der Waals surface area contributed by atoms with Crippen LogP contribution in [0.15, 0.2) is 71.6 Å². The number of nitrogens with one attached hydrogen (secondary N) is 1. The van der Waals surface area contributed by atoms with Gasteiger partial charge < -0.3 is 10.2 Å². The van der Waals surface area contributed by atoms with Gasteiger partial charge in [-0.05, 0) is 75.2 Å². The topological polar surface area (TPSA) is 86.8 Å². The molecule has 0 bridgehead atoms. The monoisotopic (exact) mass is 657 g/mol. The fourth-order valence-electron chi connectivity index (χ4n) is 4.12. The van der Waals surface area contributed by atoms with Gasteiger partial charge in [-0.1, -0.05) is 77.6 Å². The highest BCUT2D eigenvalue weighted by molar-refractivity contribution is 7.92. The summed E-state index contributed by atoms with van der Waals surface area (Å²) in [7, 11) is -4.29. The third-order valence-electron chi connectivity index (χ3n) is 6.03. The summed E-state index contributed by atoms with van der Waals surface area (Å²) in [6.45, 7) is 6.51. The Hall–Kier alpha value is -2.49. The van der Waals surface area contributed by atoms with Crippen LogP contribution in [0.3, 0.4) is 0 Å². The van der Waals surface area contributed by atoms with Crippen molar-refractivity contribution >= 4 is 73.9 Å². The molecule has 0 spiro atoms. The lowest BCUT2D eigenvalue weighted by Gasteiger charge is -2.35. The SMILES string of the molecule is CCC(C(=O)NC(C)(C)C)N(Cc1ccc(Cl)cc1Cl)C(=O)CN(c1cc(Cl)ccc1Cl)S(=O)(=O)c1ccccc1. The number of amides is 2. The van der Waals surface area contributed by atoms with Crippen molar-refractivity contribution in [3.63, 3.8) is 0 Å². The number of anilines is 1. The van der Waals surface area contributed by atoms with E-state index in [0.717, 1.165) is 4.31 Å². The van der Waals surface area contributed by atoms with E-state index in [-0.39, 0.29) is 33.6 Å². The smallest absolute Gasteiger partial charge is 0.264 e. The molecule has 0 aliphatic heterocycles. The van der Waals surface area contributed by atoms with Gasteiger partial charge in [0.25, 0.3) is 10.0 Å². The summed E-state index contributed by atoms with van der Waals surface area (Å²) in [6.07, 6.45) is 0.252. The Kier molecular flexibility index (Phi) is 11.0. The first-order valence-electron chi connectivity index (χ1n) is 12.7. The van der Waals surface area contributed by atoms with Crippen molar-refractivity contribution in [2.24, 2.45) is 0 Å². The van der Waals surface area contributed by atoms with Crippen molar-refractivity contribution in [1.29, 1.82) is 0 Å². The summed E-state index contributed by atoms with van der Waals surface area (Å²) in [4.78, 5) is 28.8. The fraction of sp³-hybridized carbons (Fsp3) is 0.310. The predicted octanol–water partition coefficient (Wildman–Crippen LogP) is 7.22. The minimum absolute atomic E-state index is 0.0213. The van der Waals surface area contributed by atoms with Gasteiger partial charge in [-0.2, -0.15) is 0 Å². The zero-order valence-corrected chi connectivity index (χ0v) is 26.8. The van der Waals surface area contributed by atoms with Crippen LogP contribution in [-0.4, -0.2) is 43.3 Å². The van der Waals surface area contributed by atoms with E-state index in [1.54, 1.807) is 37.3 Å². The molecule has 0 saturated heterocycles. The second kappa shape index (κ2) is 13.7. The summed E-state index contributed by atoms with van der Waals surface area (Å²) in [5.74, 6) is -1.04. The quantitative estimate of drug-likeness (QED) is 0.249. The van der Waals surface area contributed by atoms with Crippen LogP contribution in [0.2, 0.25) is 20.1 Å². The van der Waals surface area contributed by atoms with Crippen LogP contribution in [0.1, 0.15) is 39.7 Å². The Morgan fingerprint density at radius 1 is 0.878 bits per heavy atom. The van der Waals surface area contributed by atoms with Crippen LogP contribution < -0.4 is 9.62 Å². The Morgan fingerprint density at radius 3 is 2.07 bits per heavy atom. The molecular weight excluding hydrogens is 628 g/mol. The highest BCUT2D eigenvalue weighted by atomic mass is 35.5. The molecule has 3 aromatic rings. The molecule has 0 radical (unpaired) electrons. The summed E-state index contributed by atoms with van der Waals surface area (Å²) < 4.78 is 28.7. The lowest BCUT2D eigenvalue weighted by Crippen LogP contribution is -2.55. The van der Waals surface area contributed by atoms with Crippen LogP contribution >= 0.6 is 46.4 Å². The Labute approximate surface area is 261 Å². The molecule has 0 fully saturated rings. The zero-order valence-electron chi connectivity index (χ0n) is 23.0. The van der Waals surface area contributed by atoms with Crippen LogP contribution in [0.4, 0.5) is 5.69 Å². The number of benzene rings is 3. The number of rotatable bonds is 10. The Morgan fingerprint density at radius 2 is 1.49 bits per heavy atom. The van der Waals surface area contributed by atoms with E-state index < -0.39 is 40.0 Å². The Bertz CT molecular complexity index is 1510. The van der Waals surface area contributed by atoms with Gasteiger partial charge in [-0.3, -0.25) is 13.9 Å². The van der Waals surface area contributed by atoms with Crippen LogP contribution in [0.25, 0.3) is 0 Å². The van der Waals surface area contributed by atoms with Gasteiger partial charge in [0.1, 0.15) is 12.6 Å². The molecule has 220 valence electrons. The number of hydrogen-bond acceptors (Lipinski definition) is 4. The van der Waals surface area contributed by atoms with Crippen LogP contribution in [-0.2, 0) is 26.2 Å². The molecule has 3 rings (SSSR count). The van der Waals surface area contributed by atoms with E-state index in [1.807, 2.05) is 20.8 Å². The molecule has 2 amide bonds. The molecule has 7 nitrogen and oxygen atoms in total. The lowest BCUT2D eigenvalue weighted by atomic mass is 10.1. The standard InChI is InChI=1S/C29H31Cl4N3O4S/c1-5-25(28(38)34-29(2,3)4)35(17-19-11-12-20(30)15-24(19)33)27(37)18-36(26-16-21(31)13-14-23(26)32)41(39,40)22-9-7-6-8-10-22/h6-16,25H,5,17-18H2,1-4H3,(H,34,38). The van der Waals surface area contributed by atoms with E-state index in [0.29, 0.717) is 15.6 Å². The van der Waals surface area contributed by atoms with Crippen LogP contribution in [0, 0.1) is 0 Å². The molecule has 1 unspecified atom stereocenters. The molecule has 0 aliphatic carbocycles. The van der Waals surface area contributed by atoms with Gasteiger partial charge in [0.15, 0.2) is 0 Å². The van der Waals surface area contributed by atoms with Crippen molar-refractivity contribution < 1.29 is 18.0 Å². The number of sulfonamides is 1. The third kappa shape index (κ3) is 8.52. The van der Waals surface area contributed by atoms with Crippen molar-refractivity contribution in [1.82, 2.24) is 10.2 Å². The van der Waals surface area contributed by atoms with Crippen molar-refractivity contribution in [2.45, 2.75) is 57.1 Å². The first kappa shape index (κ1) is 33.0. The van der Waals surface area contributed by atoms with Gasteiger partial charge in [0, 0.05) is 27.2 Å². The summed E-state index contributed by atoms with van der Waals surface area (Å²) in [5, 5.41) is 3.92. The maximum atomic E-state index is 14.1. The van der Waals surface area contributed by atoms with Crippen molar-refractivity contribution in [2.75, 3.05) is 10.8 Å². The van der Waals surface area contributed by atoms with Gasteiger partial charge in [-0.15, -0.1) is 0 Å². The second-order valence-corrected chi connectivity index (χ2v) is 13.9. The predicted molar refractivity (Wildman–Crippen MR) is 166 cm³/mol. The maximum Gasteiger partial charge on any atom is 0.264 e. The molecule has 0 aliphatic rings. The maximum absolute atomic E-state index is 14.1. The first-order valence-corrected chi connectivity index (χ1v) is 15.7. The highest BCUT2D eigenvalue weighted by Crippen LogP contribution is 2.33. The van der Waals surface area contributed by atoms with Crippen molar-refractivity contribution in [3.05, 3.63) is 92.4 Å². The van der Waals surface area contributed by atoms with E-state index in [2.05, 4.69) is 5.32 Å². The minimum atomic E-state index is -4.29. The molecule has 0 saturated carbocycles. The molecule has 0 heterocycles. The van der Waals surface area contributed by atoms with Crippen LogP contribution in [0.5, 0.6) is 0 Å². The zero-order chi connectivity index (χ0) is 30.5. The van der Waals surface area contributed by atoms with E-state index in [4.69, 9.17) is 46.4 Å². The number of hydrogen-bond donors (Lipinski definition) is 1. The number of carbonyl (C=O) groups is 2. The molecule has 41 heavy (non-hydrogen) atoms. The number of carbonyl (C=O) groups excluding carboxylic acids is 2. The van der Waals surface area contributed by atoms with Gasteiger partial charge in [-0.25, -0.2) is 8.42 Å². The van der Waals surface area contributed by atoms with Gasteiger partial charge in [0.2, 0.25) is 11.8 Å². The van der Waals surface area contributed by atoms with E-state index >= 15 is 0 Å². The average Bonchev–Trinajstić information content (AvgIpc) is 2.89. The van der Waals surface area contributed by atoms with Gasteiger partial charge >= 0.3 is 0 Å². The van der Waals surface area contributed by atoms with Gasteiger partial charge in [0.05, 0.1) is 15.6 Å².